The predicted octanol–water partition coefficient (Wildman–Crippen LogP) is 2.44. The molecule has 1 heterocycles. The Morgan fingerprint density at radius 2 is 2.23 bits per heavy atom. The van der Waals surface area contributed by atoms with Crippen molar-refractivity contribution in [2.75, 3.05) is 6.54 Å². The number of benzene rings is 1. The summed E-state index contributed by atoms with van der Waals surface area (Å²) in [5.41, 5.74) is 0. The molecule has 1 saturated heterocycles. The van der Waals surface area contributed by atoms with Gasteiger partial charge in [-0.3, -0.25) is 0 Å². The van der Waals surface area contributed by atoms with Crippen LogP contribution in [0, 0.1) is 0 Å². The first-order valence-corrected chi connectivity index (χ1v) is 4.82. The molecule has 0 bridgehead atoms. The number of hydrogen-bond donors (Lipinski definition) is 0. The van der Waals surface area contributed by atoms with Gasteiger partial charge >= 0.3 is 0 Å². The molecule has 0 aromatic heterocycles. The molecule has 1 atom stereocenters. The fraction of sp³-hybridized carbons (Fsp3) is 0.400. The van der Waals surface area contributed by atoms with Crippen molar-refractivity contribution < 1.29 is 4.74 Å². The molecule has 0 aliphatic carbocycles. The normalized spacial score (nSPS) is 21.8. The Morgan fingerprint density at radius 3 is 2.92 bits per heavy atom. The van der Waals surface area contributed by atoms with Gasteiger partial charge in [-0.25, -0.2) is 5.32 Å². The van der Waals surface area contributed by atoms with Crippen molar-refractivity contribution in [2.24, 2.45) is 0 Å². The monoisotopic (exact) mass is 196 g/mol. The average Bonchev–Trinajstić information content (AvgIpc) is 2.61. The third-order valence-electron chi connectivity index (χ3n) is 2.04. The zero-order valence-electron chi connectivity index (χ0n) is 7.24. The van der Waals surface area contributed by atoms with Crippen molar-refractivity contribution in [3.05, 3.63) is 29.3 Å². The van der Waals surface area contributed by atoms with Crippen LogP contribution in [0.5, 0.6) is 5.75 Å². The molecule has 2 nitrogen and oxygen atoms in total. The van der Waals surface area contributed by atoms with Gasteiger partial charge in [0.05, 0.1) is 5.02 Å². The smallest absolute Gasteiger partial charge is 0.165 e. The standard InChI is InChI=1S/C10H11ClNO/c11-8-4-1-2-5-9(8)13-10-6-3-7-12-10/h1-2,4-5,10H,3,6-7H2. The largest absolute Gasteiger partial charge is 0.472 e. The fourth-order valence-electron chi connectivity index (χ4n) is 1.38. The molecule has 1 fully saturated rings. The van der Waals surface area contributed by atoms with Gasteiger partial charge in [0, 0.05) is 13.0 Å². The molecule has 1 aromatic rings. The van der Waals surface area contributed by atoms with E-state index in [9.17, 15) is 0 Å². The van der Waals surface area contributed by atoms with E-state index in [0.717, 1.165) is 25.1 Å². The molecule has 1 aromatic carbocycles. The molecule has 0 N–H and O–H groups in total. The molecule has 0 spiro atoms. The van der Waals surface area contributed by atoms with Crippen molar-refractivity contribution in [3.8, 4) is 5.75 Å². The van der Waals surface area contributed by atoms with Crippen LogP contribution in [0.25, 0.3) is 0 Å². The molecule has 13 heavy (non-hydrogen) atoms. The Labute approximate surface area is 82.9 Å². The highest BCUT2D eigenvalue weighted by Gasteiger charge is 2.17. The summed E-state index contributed by atoms with van der Waals surface area (Å²) >= 11 is 5.94. The number of ether oxygens (including phenoxy) is 1. The van der Waals surface area contributed by atoms with Crippen LogP contribution in [0.15, 0.2) is 24.3 Å². The van der Waals surface area contributed by atoms with Crippen LogP contribution in [0.3, 0.4) is 0 Å². The highest BCUT2D eigenvalue weighted by molar-refractivity contribution is 6.32. The maximum absolute atomic E-state index is 5.94. The Morgan fingerprint density at radius 1 is 1.38 bits per heavy atom. The quantitative estimate of drug-likeness (QED) is 0.713. The highest BCUT2D eigenvalue weighted by atomic mass is 35.5. The summed E-state index contributed by atoms with van der Waals surface area (Å²) in [6.07, 6.45) is 2.14. The Balaban J connectivity index is 2.04. The van der Waals surface area contributed by atoms with Crippen molar-refractivity contribution in [1.82, 2.24) is 5.32 Å². The fourth-order valence-corrected chi connectivity index (χ4v) is 1.56. The van der Waals surface area contributed by atoms with Crippen molar-refractivity contribution in [1.29, 1.82) is 0 Å². The Hall–Kier alpha value is -0.730. The van der Waals surface area contributed by atoms with Crippen molar-refractivity contribution >= 4 is 11.6 Å². The first-order valence-electron chi connectivity index (χ1n) is 4.44. The van der Waals surface area contributed by atoms with Crippen LogP contribution in [-0.4, -0.2) is 12.8 Å². The molecule has 1 aliphatic rings. The predicted molar refractivity (Wildman–Crippen MR) is 52.1 cm³/mol. The summed E-state index contributed by atoms with van der Waals surface area (Å²) in [4.78, 5) is 0. The van der Waals surface area contributed by atoms with Gasteiger partial charge in [-0.2, -0.15) is 0 Å². The average molecular weight is 197 g/mol. The number of halogens is 1. The molecular weight excluding hydrogens is 186 g/mol. The summed E-state index contributed by atoms with van der Waals surface area (Å²) in [5.74, 6) is 0.736. The maximum Gasteiger partial charge on any atom is 0.165 e. The van der Waals surface area contributed by atoms with E-state index in [-0.39, 0.29) is 6.23 Å². The molecular formula is C10H11ClNO. The number of nitrogens with zero attached hydrogens (tertiary/aromatic N) is 1. The zero-order valence-corrected chi connectivity index (χ0v) is 8.00. The lowest BCUT2D eigenvalue weighted by Crippen LogP contribution is -2.21. The van der Waals surface area contributed by atoms with Gasteiger partial charge in [0.25, 0.3) is 0 Å². The van der Waals surface area contributed by atoms with E-state index in [0.29, 0.717) is 5.02 Å². The summed E-state index contributed by atoms with van der Waals surface area (Å²) in [6, 6.07) is 7.50. The van der Waals surface area contributed by atoms with Crippen LogP contribution in [0.1, 0.15) is 12.8 Å². The van der Waals surface area contributed by atoms with Crippen molar-refractivity contribution in [3.63, 3.8) is 0 Å². The Kier molecular flexibility index (Phi) is 2.71. The first-order chi connectivity index (χ1) is 6.36. The summed E-state index contributed by atoms with van der Waals surface area (Å²) in [5, 5.41) is 4.95. The second-order valence-electron chi connectivity index (χ2n) is 3.05. The van der Waals surface area contributed by atoms with E-state index in [1.807, 2.05) is 24.3 Å². The lowest BCUT2D eigenvalue weighted by atomic mass is 10.3. The van der Waals surface area contributed by atoms with E-state index >= 15 is 0 Å². The van der Waals surface area contributed by atoms with E-state index in [1.165, 1.54) is 0 Å². The molecule has 0 amide bonds. The minimum absolute atomic E-state index is 0.0138. The van der Waals surface area contributed by atoms with Gasteiger partial charge in [0.15, 0.2) is 6.23 Å². The molecule has 1 aliphatic heterocycles. The highest BCUT2D eigenvalue weighted by Crippen LogP contribution is 2.25. The minimum atomic E-state index is 0.0138. The third kappa shape index (κ3) is 2.14. The van der Waals surface area contributed by atoms with E-state index in [2.05, 4.69) is 5.32 Å². The molecule has 2 rings (SSSR count). The molecule has 3 heteroatoms. The second kappa shape index (κ2) is 3.99. The van der Waals surface area contributed by atoms with E-state index in [1.54, 1.807) is 0 Å². The Bertz CT molecular complexity index is 284. The first kappa shape index (κ1) is 8.85. The summed E-state index contributed by atoms with van der Waals surface area (Å²) in [6.45, 7) is 0.912. The zero-order chi connectivity index (χ0) is 9.10. The molecule has 1 radical (unpaired) electrons. The lowest BCUT2D eigenvalue weighted by molar-refractivity contribution is 0.184. The van der Waals surface area contributed by atoms with E-state index in [4.69, 9.17) is 16.3 Å². The van der Waals surface area contributed by atoms with Gasteiger partial charge in [0.2, 0.25) is 0 Å². The summed E-state index contributed by atoms with van der Waals surface area (Å²) in [7, 11) is 0. The summed E-state index contributed by atoms with van der Waals surface area (Å²) < 4.78 is 5.61. The minimum Gasteiger partial charge on any atom is -0.472 e. The number of para-hydroxylation sites is 1. The van der Waals surface area contributed by atoms with Gasteiger partial charge < -0.3 is 4.74 Å². The van der Waals surface area contributed by atoms with Crippen LogP contribution in [0.4, 0.5) is 0 Å². The van der Waals surface area contributed by atoms with Crippen LogP contribution in [-0.2, 0) is 0 Å². The van der Waals surface area contributed by atoms with Gasteiger partial charge in [-0.15, -0.1) is 0 Å². The lowest BCUT2D eigenvalue weighted by Gasteiger charge is -2.12. The number of rotatable bonds is 2. The molecule has 69 valence electrons. The van der Waals surface area contributed by atoms with E-state index < -0.39 is 0 Å². The maximum atomic E-state index is 5.94. The van der Waals surface area contributed by atoms with Crippen LogP contribution < -0.4 is 10.1 Å². The van der Waals surface area contributed by atoms with Gasteiger partial charge in [0.1, 0.15) is 5.75 Å². The van der Waals surface area contributed by atoms with Crippen molar-refractivity contribution in [2.45, 2.75) is 19.1 Å². The number of hydrogen-bond acceptors (Lipinski definition) is 1. The second-order valence-corrected chi connectivity index (χ2v) is 3.46. The van der Waals surface area contributed by atoms with Crippen LogP contribution in [0.2, 0.25) is 5.02 Å². The van der Waals surface area contributed by atoms with Gasteiger partial charge in [-0.05, 0) is 18.6 Å². The molecule has 0 saturated carbocycles. The topological polar surface area (TPSA) is 23.3 Å². The SMILES string of the molecule is Clc1ccccc1OC1CCC[N]1. The third-order valence-corrected chi connectivity index (χ3v) is 2.35. The van der Waals surface area contributed by atoms with Gasteiger partial charge in [-0.1, -0.05) is 23.7 Å². The molecule has 1 unspecified atom stereocenters. The van der Waals surface area contributed by atoms with Crippen LogP contribution >= 0.6 is 11.6 Å².